The summed E-state index contributed by atoms with van der Waals surface area (Å²) >= 11 is 13.1. The number of nitrogens with zero attached hydrogens (tertiary/aromatic N) is 3. The van der Waals surface area contributed by atoms with E-state index in [1.165, 1.54) is 6.20 Å². The number of benzene rings is 4. The molecule has 276 valence electrons. The van der Waals surface area contributed by atoms with Crippen molar-refractivity contribution in [2.75, 3.05) is 0 Å². The number of nitriles is 1. The molecule has 0 saturated carbocycles. The Balaban J connectivity index is 1.17. The summed E-state index contributed by atoms with van der Waals surface area (Å²) in [5, 5.41) is 9.69. The maximum atomic E-state index is 11.9. The van der Waals surface area contributed by atoms with Gasteiger partial charge in [-0.2, -0.15) is 5.26 Å². The molecule has 0 saturated heterocycles. The van der Waals surface area contributed by atoms with Gasteiger partial charge in [-0.1, -0.05) is 48.0 Å². The second-order valence-electron chi connectivity index (χ2n) is 12.4. The van der Waals surface area contributed by atoms with E-state index in [-0.39, 0.29) is 26.4 Å². The summed E-state index contributed by atoms with van der Waals surface area (Å²) in [6.07, 6.45) is 7.74. The number of aromatic nitrogens is 2. The van der Waals surface area contributed by atoms with E-state index >= 15 is 0 Å². The molecule has 55 heavy (non-hydrogen) atoms. The highest BCUT2D eigenvalue weighted by atomic mass is 79.9. The fourth-order valence-corrected chi connectivity index (χ4v) is 6.96. The minimum Gasteiger partial charge on any atom is -0.488 e. The molecule has 2 heterocycles. The van der Waals surface area contributed by atoms with Gasteiger partial charge in [-0.25, -0.2) is 0 Å². The summed E-state index contributed by atoms with van der Waals surface area (Å²) in [5.74, 6) is 1.76. The van der Waals surface area contributed by atoms with E-state index in [2.05, 4.69) is 73.9 Å². The summed E-state index contributed by atoms with van der Waals surface area (Å²) in [6.45, 7) is 4.96. The molecule has 0 bridgehead atoms. The second kappa shape index (κ2) is 18.2. The Morgan fingerprint density at radius 2 is 1.11 bits per heavy atom. The first-order valence-electron chi connectivity index (χ1n) is 16.9. The highest BCUT2D eigenvalue weighted by Crippen LogP contribution is 2.37. The van der Waals surface area contributed by atoms with Gasteiger partial charge in [-0.05, 0) is 103 Å². The topological polar surface area (TPSA) is 121 Å². The van der Waals surface area contributed by atoms with E-state index in [4.69, 9.17) is 30.5 Å². The molecule has 0 unspecified atom stereocenters. The molecule has 0 N–H and O–H groups in total. The quantitative estimate of drug-likeness (QED) is 0.0928. The van der Waals surface area contributed by atoms with Crippen molar-refractivity contribution in [1.82, 2.24) is 9.97 Å². The lowest BCUT2D eigenvalue weighted by Gasteiger charge is -2.18. The van der Waals surface area contributed by atoms with Gasteiger partial charge in [0.2, 0.25) is 0 Å². The normalized spacial score (nSPS) is 10.7. The smallest absolute Gasteiger partial charge is 0.153 e. The molecule has 0 aliphatic heterocycles. The summed E-state index contributed by atoms with van der Waals surface area (Å²) in [4.78, 5) is 31.9. The number of carbonyl (C=O) groups is 2. The molecule has 9 nitrogen and oxygen atoms in total. The first kappa shape index (κ1) is 39.2. The van der Waals surface area contributed by atoms with Crippen LogP contribution < -0.4 is 18.9 Å². The van der Waals surface area contributed by atoms with Crippen LogP contribution in [0.25, 0.3) is 11.1 Å². The summed E-state index contributed by atoms with van der Waals surface area (Å²) in [6, 6.07) is 24.4. The molecule has 0 aliphatic carbocycles. The Morgan fingerprint density at radius 1 is 0.636 bits per heavy atom. The van der Waals surface area contributed by atoms with Crippen LogP contribution in [-0.4, -0.2) is 22.5 Å². The van der Waals surface area contributed by atoms with Crippen molar-refractivity contribution in [3.8, 4) is 40.2 Å². The maximum absolute atomic E-state index is 11.9. The number of hydrogen-bond donors (Lipinski definition) is 0. The number of ether oxygens (including phenoxy) is 4. The fourth-order valence-electron chi connectivity index (χ4n) is 5.81. The van der Waals surface area contributed by atoms with Crippen LogP contribution in [0.2, 0.25) is 5.02 Å². The predicted molar refractivity (Wildman–Crippen MR) is 216 cm³/mol. The Morgan fingerprint density at radius 3 is 1.58 bits per heavy atom. The van der Waals surface area contributed by atoms with Gasteiger partial charge in [0.25, 0.3) is 0 Å². The third-order valence-electron chi connectivity index (χ3n) is 8.81. The van der Waals surface area contributed by atoms with E-state index in [9.17, 15) is 14.9 Å². The van der Waals surface area contributed by atoms with Crippen molar-refractivity contribution in [2.45, 2.75) is 40.3 Å². The predicted octanol–water partition coefficient (Wildman–Crippen LogP) is 10.8. The molecule has 0 radical (unpaired) electrons. The van der Waals surface area contributed by atoms with Gasteiger partial charge in [0, 0.05) is 48.0 Å². The van der Waals surface area contributed by atoms with Crippen molar-refractivity contribution in [3.05, 3.63) is 162 Å². The Kier molecular flexibility index (Phi) is 13.0. The minimum atomic E-state index is 0.122. The molecule has 6 aromatic rings. The zero-order chi connectivity index (χ0) is 38.9. The largest absolute Gasteiger partial charge is 0.488 e. The van der Waals surface area contributed by atoms with Crippen molar-refractivity contribution < 1.29 is 28.5 Å². The monoisotopic (exact) mass is 879 g/mol. The second-order valence-corrected chi connectivity index (χ2v) is 14.6. The van der Waals surface area contributed by atoms with Gasteiger partial charge < -0.3 is 18.9 Å². The zero-order valence-corrected chi connectivity index (χ0v) is 33.6. The van der Waals surface area contributed by atoms with Crippen LogP contribution in [0.1, 0.15) is 59.7 Å². The molecular formula is C43H32Br2ClN3O6. The number of halogens is 3. The zero-order valence-electron chi connectivity index (χ0n) is 29.6. The van der Waals surface area contributed by atoms with Crippen LogP contribution in [0.3, 0.4) is 0 Å². The Labute approximate surface area is 340 Å². The molecule has 0 spiro atoms. The molecule has 0 amide bonds. The Bertz CT molecular complexity index is 2430. The number of pyridine rings is 2. The van der Waals surface area contributed by atoms with Gasteiger partial charge >= 0.3 is 0 Å². The van der Waals surface area contributed by atoms with Gasteiger partial charge in [-0.15, -0.1) is 0 Å². The van der Waals surface area contributed by atoms with Crippen LogP contribution in [0.15, 0.2) is 107 Å². The molecule has 12 heteroatoms. The first-order valence-corrected chi connectivity index (χ1v) is 18.8. The van der Waals surface area contributed by atoms with Gasteiger partial charge in [0.15, 0.2) is 12.6 Å². The average Bonchev–Trinajstić information content (AvgIpc) is 3.19. The number of aldehydes is 2. The molecule has 2 aromatic heterocycles. The molecule has 0 aliphatic rings. The average molecular weight is 882 g/mol. The number of rotatable bonds is 15. The van der Waals surface area contributed by atoms with E-state index in [0.717, 1.165) is 51.5 Å². The van der Waals surface area contributed by atoms with E-state index in [0.29, 0.717) is 59.2 Å². The molecular weight excluding hydrogens is 850 g/mol. The van der Waals surface area contributed by atoms with E-state index in [1.807, 2.05) is 24.3 Å². The van der Waals surface area contributed by atoms with Crippen LogP contribution in [0.4, 0.5) is 0 Å². The third kappa shape index (κ3) is 9.59. The van der Waals surface area contributed by atoms with Gasteiger partial charge in [-0.3, -0.25) is 19.6 Å². The highest BCUT2D eigenvalue weighted by Gasteiger charge is 2.16. The molecule has 4 aromatic carbocycles. The molecule has 6 rings (SSSR count). The van der Waals surface area contributed by atoms with Crippen molar-refractivity contribution >= 4 is 56.0 Å². The van der Waals surface area contributed by atoms with Crippen molar-refractivity contribution in [3.63, 3.8) is 0 Å². The Hall–Kier alpha value is -5.54. The van der Waals surface area contributed by atoms with Crippen molar-refractivity contribution in [2.24, 2.45) is 0 Å². The summed E-state index contributed by atoms with van der Waals surface area (Å²) < 4.78 is 25.7. The number of hydrogen-bond acceptors (Lipinski definition) is 9. The first-order chi connectivity index (χ1) is 26.7. The highest BCUT2D eigenvalue weighted by molar-refractivity contribution is 9.11. The maximum Gasteiger partial charge on any atom is 0.153 e. The number of carbonyl (C=O) groups excluding carboxylic acids is 2. The summed E-state index contributed by atoms with van der Waals surface area (Å²) in [5.41, 5.74) is 8.79. The van der Waals surface area contributed by atoms with Gasteiger partial charge in [0.1, 0.15) is 55.5 Å². The lowest BCUT2D eigenvalue weighted by Crippen LogP contribution is -2.04. The van der Waals surface area contributed by atoms with Crippen LogP contribution in [0, 0.1) is 25.2 Å². The van der Waals surface area contributed by atoms with Gasteiger partial charge in [0.05, 0.1) is 30.7 Å². The summed E-state index contributed by atoms with van der Waals surface area (Å²) in [7, 11) is 0. The third-order valence-corrected chi connectivity index (χ3v) is 10.3. The molecule has 0 fully saturated rings. The van der Waals surface area contributed by atoms with Crippen molar-refractivity contribution in [1.29, 1.82) is 5.26 Å². The lowest BCUT2D eigenvalue weighted by molar-refractivity contribution is 0.111. The SMILES string of the molecule is Cc1c(COc2cc(OCc3cncc(Cl)c3)c(C=O)cc2Br)cccc1-c1cccc(COc2cc(OCc3cncc(C#N)c3)c(C=O)cc2Br)c1C. The lowest BCUT2D eigenvalue weighted by atomic mass is 9.92. The fraction of sp³-hybridized carbons (Fsp3) is 0.140. The minimum absolute atomic E-state index is 0.122. The van der Waals surface area contributed by atoms with Crippen LogP contribution >= 0.6 is 43.5 Å². The standard InChI is InChI=1S/C43H32Br2ClN3O6/c1-26-31(24-54-42-13-40(33(20-50)11-38(42)44)52-22-29-9-28(15-47)16-48-17-29)5-3-7-36(26)37-8-4-6-32(27(37)2)25-55-43-14-41(34(21-51)12-39(43)45)53-23-30-10-35(46)19-49-18-30/h3-14,16-21H,22-25H2,1-2H3. The van der Waals surface area contributed by atoms with Crippen LogP contribution in [0.5, 0.6) is 23.0 Å². The van der Waals surface area contributed by atoms with E-state index in [1.54, 1.807) is 55.0 Å². The van der Waals surface area contributed by atoms with E-state index < -0.39 is 0 Å². The van der Waals surface area contributed by atoms with Crippen LogP contribution in [-0.2, 0) is 26.4 Å². The molecule has 0 atom stereocenters.